The van der Waals surface area contributed by atoms with Crippen LogP contribution in [0.1, 0.15) is 29.8 Å². The second-order valence-corrected chi connectivity index (χ2v) is 3.82. The molecule has 1 rings (SSSR count). The van der Waals surface area contributed by atoms with E-state index in [2.05, 4.69) is 5.32 Å². The lowest BCUT2D eigenvalue weighted by Gasteiger charge is -2.11. The third-order valence-electron chi connectivity index (χ3n) is 2.24. The van der Waals surface area contributed by atoms with Crippen LogP contribution in [0.15, 0.2) is 18.2 Å². The van der Waals surface area contributed by atoms with Gasteiger partial charge in [-0.2, -0.15) is 0 Å². The van der Waals surface area contributed by atoms with Crippen LogP contribution in [0.4, 0.5) is 4.39 Å². The maximum absolute atomic E-state index is 13.5. The standard InChI is InChI=1S/C12H16FNO/c1-8(2)12(15)11-9(7-14-3)5-4-6-10(11)13/h4-6,8,14H,7H2,1-3H3. The molecule has 0 saturated heterocycles. The highest BCUT2D eigenvalue weighted by atomic mass is 19.1. The number of nitrogens with one attached hydrogen (secondary N) is 1. The van der Waals surface area contributed by atoms with Crippen LogP contribution >= 0.6 is 0 Å². The molecule has 2 nitrogen and oxygen atoms in total. The molecule has 0 radical (unpaired) electrons. The van der Waals surface area contributed by atoms with E-state index < -0.39 is 5.82 Å². The molecule has 82 valence electrons. The first-order valence-corrected chi connectivity index (χ1v) is 5.04. The zero-order chi connectivity index (χ0) is 11.4. The quantitative estimate of drug-likeness (QED) is 0.771. The van der Waals surface area contributed by atoms with Gasteiger partial charge in [0.05, 0.1) is 5.56 Å². The summed E-state index contributed by atoms with van der Waals surface area (Å²) >= 11 is 0. The summed E-state index contributed by atoms with van der Waals surface area (Å²) in [6.07, 6.45) is 0. The number of Topliss-reactive ketones (excluding diaryl/α,β-unsaturated/α-hetero) is 1. The zero-order valence-electron chi connectivity index (χ0n) is 9.30. The molecule has 0 unspecified atom stereocenters. The largest absolute Gasteiger partial charge is 0.316 e. The third-order valence-corrected chi connectivity index (χ3v) is 2.24. The summed E-state index contributed by atoms with van der Waals surface area (Å²) in [6.45, 7) is 4.06. The SMILES string of the molecule is CNCc1cccc(F)c1C(=O)C(C)C. The van der Waals surface area contributed by atoms with E-state index in [1.165, 1.54) is 6.07 Å². The minimum absolute atomic E-state index is 0.140. The molecule has 0 heterocycles. The molecule has 0 amide bonds. The van der Waals surface area contributed by atoms with E-state index in [1.54, 1.807) is 33.0 Å². The monoisotopic (exact) mass is 209 g/mol. The summed E-state index contributed by atoms with van der Waals surface area (Å²) in [4.78, 5) is 11.8. The molecule has 1 aromatic rings. The molecule has 0 bridgehead atoms. The summed E-state index contributed by atoms with van der Waals surface area (Å²) in [5.74, 6) is -0.752. The Morgan fingerprint density at radius 1 is 1.47 bits per heavy atom. The van der Waals surface area contributed by atoms with Crippen LogP contribution in [-0.2, 0) is 6.54 Å². The van der Waals surface area contributed by atoms with Crippen molar-refractivity contribution in [1.29, 1.82) is 0 Å². The normalized spacial score (nSPS) is 10.7. The topological polar surface area (TPSA) is 29.1 Å². The van der Waals surface area contributed by atoms with Gasteiger partial charge in [0.25, 0.3) is 0 Å². The minimum Gasteiger partial charge on any atom is -0.316 e. The highest BCUT2D eigenvalue weighted by molar-refractivity contribution is 5.99. The van der Waals surface area contributed by atoms with Crippen LogP contribution in [0.25, 0.3) is 0 Å². The van der Waals surface area contributed by atoms with Gasteiger partial charge in [0, 0.05) is 12.5 Å². The number of halogens is 1. The lowest BCUT2D eigenvalue weighted by molar-refractivity contribution is 0.0934. The van der Waals surface area contributed by atoms with Gasteiger partial charge in [0.1, 0.15) is 5.82 Å². The van der Waals surface area contributed by atoms with Crippen molar-refractivity contribution >= 4 is 5.78 Å². The fraction of sp³-hybridized carbons (Fsp3) is 0.417. The van der Waals surface area contributed by atoms with Crippen molar-refractivity contribution < 1.29 is 9.18 Å². The van der Waals surface area contributed by atoms with Crippen molar-refractivity contribution in [3.63, 3.8) is 0 Å². The van der Waals surface area contributed by atoms with E-state index in [0.717, 1.165) is 5.56 Å². The van der Waals surface area contributed by atoms with Crippen molar-refractivity contribution in [2.45, 2.75) is 20.4 Å². The summed E-state index contributed by atoms with van der Waals surface area (Å²) in [7, 11) is 1.77. The van der Waals surface area contributed by atoms with Gasteiger partial charge >= 0.3 is 0 Å². The third kappa shape index (κ3) is 2.63. The lowest BCUT2D eigenvalue weighted by atomic mass is 9.96. The predicted molar refractivity (Wildman–Crippen MR) is 58.3 cm³/mol. The Hall–Kier alpha value is -1.22. The van der Waals surface area contributed by atoms with Gasteiger partial charge in [-0.1, -0.05) is 26.0 Å². The van der Waals surface area contributed by atoms with Crippen LogP contribution in [0.5, 0.6) is 0 Å². The van der Waals surface area contributed by atoms with E-state index in [1.807, 2.05) is 0 Å². The first-order valence-electron chi connectivity index (χ1n) is 5.04. The van der Waals surface area contributed by atoms with Crippen LogP contribution in [0.3, 0.4) is 0 Å². The van der Waals surface area contributed by atoms with E-state index in [-0.39, 0.29) is 17.3 Å². The smallest absolute Gasteiger partial charge is 0.168 e. The van der Waals surface area contributed by atoms with Crippen LogP contribution in [0, 0.1) is 11.7 Å². The molecule has 0 aliphatic rings. The second kappa shape index (κ2) is 5.03. The highest BCUT2D eigenvalue weighted by Crippen LogP contribution is 2.17. The van der Waals surface area contributed by atoms with E-state index in [4.69, 9.17) is 0 Å². The maximum atomic E-state index is 13.5. The molecular weight excluding hydrogens is 193 g/mol. The Balaban J connectivity index is 3.18. The molecule has 1 aromatic carbocycles. The van der Waals surface area contributed by atoms with Gasteiger partial charge in [-0.25, -0.2) is 4.39 Å². The Kier molecular flexibility index (Phi) is 3.97. The molecule has 1 N–H and O–H groups in total. The Morgan fingerprint density at radius 3 is 2.67 bits per heavy atom. The lowest BCUT2D eigenvalue weighted by Crippen LogP contribution is -2.16. The number of hydrogen-bond donors (Lipinski definition) is 1. The molecule has 0 saturated carbocycles. The van der Waals surface area contributed by atoms with Crippen molar-refractivity contribution in [2.24, 2.45) is 5.92 Å². The van der Waals surface area contributed by atoms with Crippen molar-refractivity contribution in [2.75, 3.05) is 7.05 Å². The van der Waals surface area contributed by atoms with Gasteiger partial charge in [-0.3, -0.25) is 4.79 Å². The molecule has 0 fully saturated rings. The van der Waals surface area contributed by atoms with Crippen LogP contribution in [0.2, 0.25) is 0 Å². The first kappa shape index (κ1) is 11.9. The van der Waals surface area contributed by atoms with Gasteiger partial charge in [0.2, 0.25) is 0 Å². The average molecular weight is 209 g/mol. The molecule has 15 heavy (non-hydrogen) atoms. The number of carbonyl (C=O) groups excluding carboxylic acids is 1. The second-order valence-electron chi connectivity index (χ2n) is 3.82. The number of carbonyl (C=O) groups is 1. The van der Waals surface area contributed by atoms with Crippen molar-refractivity contribution in [1.82, 2.24) is 5.32 Å². The van der Waals surface area contributed by atoms with E-state index >= 15 is 0 Å². The molecular formula is C12H16FNO. The van der Waals surface area contributed by atoms with Crippen molar-refractivity contribution in [3.05, 3.63) is 35.1 Å². The molecule has 0 aliphatic carbocycles. The Morgan fingerprint density at radius 2 is 2.13 bits per heavy atom. The zero-order valence-corrected chi connectivity index (χ0v) is 9.30. The summed E-state index contributed by atoms with van der Waals surface area (Å²) in [5, 5.41) is 2.93. The summed E-state index contributed by atoms with van der Waals surface area (Å²) in [6, 6.07) is 4.73. The van der Waals surface area contributed by atoms with Crippen LogP contribution < -0.4 is 5.32 Å². The number of hydrogen-bond acceptors (Lipinski definition) is 2. The number of ketones is 1. The number of benzene rings is 1. The molecule has 0 aromatic heterocycles. The Bertz CT molecular complexity index is 361. The molecule has 0 aliphatic heterocycles. The average Bonchev–Trinajstić information content (AvgIpc) is 2.17. The summed E-state index contributed by atoms with van der Waals surface area (Å²) < 4.78 is 13.5. The molecule has 0 spiro atoms. The fourth-order valence-corrected chi connectivity index (χ4v) is 1.47. The van der Waals surface area contributed by atoms with Gasteiger partial charge in [-0.05, 0) is 18.7 Å². The van der Waals surface area contributed by atoms with Crippen molar-refractivity contribution in [3.8, 4) is 0 Å². The summed E-state index contributed by atoms with van der Waals surface area (Å²) in [5.41, 5.74) is 0.943. The number of rotatable bonds is 4. The fourth-order valence-electron chi connectivity index (χ4n) is 1.47. The van der Waals surface area contributed by atoms with Gasteiger partial charge in [-0.15, -0.1) is 0 Å². The van der Waals surface area contributed by atoms with Gasteiger partial charge in [0.15, 0.2) is 5.78 Å². The van der Waals surface area contributed by atoms with E-state index in [9.17, 15) is 9.18 Å². The van der Waals surface area contributed by atoms with Crippen LogP contribution in [-0.4, -0.2) is 12.8 Å². The predicted octanol–water partition coefficient (Wildman–Crippen LogP) is 2.38. The highest BCUT2D eigenvalue weighted by Gasteiger charge is 2.18. The maximum Gasteiger partial charge on any atom is 0.168 e. The first-order chi connectivity index (χ1) is 7.07. The molecule has 0 atom stereocenters. The minimum atomic E-state index is -0.429. The van der Waals surface area contributed by atoms with E-state index in [0.29, 0.717) is 6.54 Å². The van der Waals surface area contributed by atoms with Gasteiger partial charge < -0.3 is 5.32 Å². The molecule has 3 heteroatoms. The Labute approximate surface area is 89.5 Å².